The first-order valence-corrected chi connectivity index (χ1v) is 7.94. The molecule has 24 heavy (non-hydrogen) atoms. The fraction of sp³-hybridized carbons (Fsp3) is 0.529. The Morgan fingerprint density at radius 2 is 1.83 bits per heavy atom. The van der Waals surface area contributed by atoms with Gasteiger partial charge in [-0.1, -0.05) is 0 Å². The van der Waals surface area contributed by atoms with Crippen molar-refractivity contribution in [3.8, 4) is 11.5 Å². The van der Waals surface area contributed by atoms with Crippen LogP contribution in [0.25, 0.3) is 0 Å². The number of hydrogen-bond donors (Lipinski definition) is 2. The van der Waals surface area contributed by atoms with E-state index in [2.05, 4.69) is 10.6 Å². The molecular formula is C17H24N2O5. The van der Waals surface area contributed by atoms with Crippen LogP contribution in [0.4, 0.5) is 10.5 Å². The van der Waals surface area contributed by atoms with Crippen molar-refractivity contribution < 1.29 is 23.8 Å². The average molecular weight is 336 g/mol. The maximum Gasteiger partial charge on any atom is 0.408 e. The van der Waals surface area contributed by atoms with Gasteiger partial charge in [0.15, 0.2) is 11.5 Å². The molecule has 0 spiro atoms. The molecule has 0 bridgehead atoms. The molecule has 0 saturated heterocycles. The summed E-state index contributed by atoms with van der Waals surface area (Å²) in [6.45, 7) is 8.04. The van der Waals surface area contributed by atoms with Gasteiger partial charge in [-0.05, 0) is 39.8 Å². The van der Waals surface area contributed by atoms with Crippen molar-refractivity contribution in [2.75, 3.05) is 18.5 Å². The Bertz CT molecular complexity index is 609. The Morgan fingerprint density at radius 3 is 2.50 bits per heavy atom. The highest BCUT2D eigenvalue weighted by Crippen LogP contribution is 2.32. The van der Waals surface area contributed by atoms with E-state index in [1.165, 1.54) is 0 Å². The van der Waals surface area contributed by atoms with Gasteiger partial charge in [0, 0.05) is 18.2 Å². The molecule has 1 aromatic rings. The smallest absolute Gasteiger partial charge is 0.408 e. The lowest BCUT2D eigenvalue weighted by atomic mass is 10.2. The zero-order valence-electron chi connectivity index (χ0n) is 14.5. The van der Waals surface area contributed by atoms with E-state index in [1.54, 1.807) is 45.9 Å². The lowest BCUT2D eigenvalue weighted by Crippen LogP contribution is -2.43. The van der Waals surface area contributed by atoms with Crippen LogP contribution in [-0.4, -0.2) is 36.9 Å². The molecule has 0 aliphatic carbocycles. The fourth-order valence-corrected chi connectivity index (χ4v) is 2.04. The van der Waals surface area contributed by atoms with E-state index in [1.807, 2.05) is 0 Å². The summed E-state index contributed by atoms with van der Waals surface area (Å²) in [5, 5.41) is 5.24. The number of carbonyl (C=O) groups excluding carboxylic acids is 2. The van der Waals surface area contributed by atoms with Gasteiger partial charge in [0.2, 0.25) is 5.91 Å². The Balaban J connectivity index is 1.94. The predicted molar refractivity (Wildman–Crippen MR) is 89.5 cm³/mol. The van der Waals surface area contributed by atoms with E-state index in [9.17, 15) is 9.59 Å². The standard InChI is InChI=1S/C17H24N2O5/c1-11(18-16(21)24-17(2,3)4)15(20)19-12-6-7-13-14(10-12)23-9-5-8-22-13/h6-7,10-11H,5,8-9H2,1-4H3,(H,18,21)(H,19,20)/t11-/m0/s1. The van der Waals surface area contributed by atoms with Gasteiger partial charge in [-0.25, -0.2) is 4.79 Å². The summed E-state index contributed by atoms with van der Waals surface area (Å²) < 4.78 is 16.3. The molecule has 0 unspecified atom stereocenters. The monoisotopic (exact) mass is 336 g/mol. The van der Waals surface area contributed by atoms with E-state index in [0.717, 1.165) is 6.42 Å². The third kappa shape index (κ3) is 5.33. The number of rotatable bonds is 3. The lowest BCUT2D eigenvalue weighted by molar-refractivity contribution is -0.117. The molecule has 2 N–H and O–H groups in total. The van der Waals surface area contributed by atoms with Crippen LogP contribution in [0.5, 0.6) is 11.5 Å². The molecule has 7 nitrogen and oxygen atoms in total. The molecule has 0 fully saturated rings. The number of nitrogens with one attached hydrogen (secondary N) is 2. The Hall–Kier alpha value is -2.44. The fourth-order valence-electron chi connectivity index (χ4n) is 2.04. The van der Waals surface area contributed by atoms with Gasteiger partial charge < -0.3 is 24.8 Å². The predicted octanol–water partition coefficient (Wildman–Crippen LogP) is 2.70. The lowest BCUT2D eigenvalue weighted by Gasteiger charge is -2.21. The molecule has 2 rings (SSSR count). The van der Waals surface area contributed by atoms with Gasteiger partial charge in [0.05, 0.1) is 13.2 Å². The minimum Gasteiger partial charge on any atom is -0.490 e. The van der Waals surface area contributed by atoms with E-state index in [4.69, 9.17) is 14.2 Å². The maximum atomic E-state index is 12.2. The first-order chi connectivity index (χ1) is 11.2. The Kier molecular flexibility index (Phi) is 5.54. The van der Waals surface area contributed by atoms with Crippen molar-refractivity contribution in [2.45, 2.75) is 45.8 Å². The van der Waals surface area contributed by atoms with Crippen LogP contribution in [0.2, 0.25) is 0 Å². The van der Waals surface area contributed by atoms with Crippen molar-refractivity contribution in [2.24, 2.45) is 0 Å². The molecule has 0 radical (unpaired) electrons. The minimum absolute atomic E-state index is 0.352. The molecule has 0 saturated carbocycles. The summed E-state index contributed by atoms with van der Waals surface area (Å²) in [5.74, 6) is 0.902. The SMILES string of the molecule is C[C@H](NC(=O)OC(C)(C)C)C(=O)Nc1ccc2c(c1)OCCCO2. The number of amides is 2. The van der Waals surface area contributed by atoms with Crippen LogP contribution < -0.4 is 20.1 Å². The van der Waals surface area contributed by atoms with Crippen LogP contribution in [0, 0.1) is 0 Å². The third-order valence-electron chi connectivity index (χ3n) is 3.14. The summed E-state index contributed by atoms with van der Waals surface area (Å²) in [6, 6.07) is 4.45. The van der Waals surface area contributed by atoms with E-state index in [0.29, 0.717) is 30.4 Å². The average Bonchev–Trinajstić information content (AvgIpc) is 2.69. The number of anilines is 1. The second-order valence-electron chi connectivity index (χ2n) is 6.57. The molecule has 1 aliphatic rings. The Morgan fingerprint density at radius 1 is 1.17 bits per heavy atom. The zero-order valence-corrected chi connectivity index (χ0v) is 14.5. The number of ether oxygens (including phenoxy) is 3. The van der Waals surface area contributed by atoms with Gasteiger partial charge in [-0.15, -0.1) is 0 Å². The highest BCUT2D eigenvalue weighted by Gasteiger charge is 2.21. The van der Waals surface area contributed by atoms with Crippen LogP contribution >= 0.6 is 0 Å². The molecule has 1 atom stereocenters. The van der Waals surface area contributed by atoms with E-state index >= 15 is 0 Å². The molecular weight excluding hydrogens is 312 g/mol. The molecule has 1 heterocycles. The second kappa shape index (κ2) is 7.42. The molecule has 7 heteroatoms. The first-order valence-electron chi connectivity index (χ1n) is 7.94. The number of benzene rings is 1. The summed E-state index contributed by atoms with van der Waals surface area (Å²) in [5.41, 5.74) is -0.0451. The van der Waals surface area contributed by atoms with Gasteiger partial charge in [-0.2, -0.15) is 0 Å². The number of alkyl carbamates (subject to hydrolysis) is 1. The second-order valence-corrected chi connectivity index (χ2v) is 6.57. The van der Waals surface area contributed by atoms with Gasteiger partial charge >= 0.3 is 6.09 Å². The van der Waals surface area contributed by atoms with E-state index in [-0.39, 0.29) is 5.91 Å². The van der Waals surface area contributed by atoms with Crippen molar-refractivity contribution >= 4 is 17.7 Å². The maximum absolute atomic E-state index is 12.2. The Labute approximate surface area is 141 Å². The third-order valence-corrected chi connectivity index (χ3v) is 3.14. The summed E-state index contributed by atoms with van der Waals surface area (Å²) in [6.07, 6.45) is 0.177. The number of hydrogen-bond acceptors (Lipinski definition) is 5. The molecule has 1 aliphatic heterocycles. The summed E-state index contributed by atoms with van der Waals surface area (Å²) in [4.78, 5) is 23.9. The largest absolute Gasteiger partial charge is 0.490 e. The molecule has 1 aromatic carbocycles. The number of fused-ring (bicyclic) bond motifs is 1. The molecule has 2 amide bonds. The van der Waals surface area contributed by atoms with Crippen molar-refractivity contribution in [1.82, 2.24) is 5.32 Å². The highest BCUT2D eigenvalue weighted by atomic mass is 16.6. The normalized spacial score (nSPS) is 15.0. The van der Waals surface area contributed by atoms with Crippen LogP contribution in [-0.2, 0) is 9.53 Å². The topological polar surface area (TPSA) is 85.9 Å². The highest BCUT2D eigenvalue weighted by molar-refractivity contribution is 5.96. The van der Waals surface area contributed by atoms with Crippen molar-refractivity contribution in [3.63, 3.8) is 0 Å². The van der Waals surface area contributed by atoms with E-state index < -0.39 is 17.7 Å². The molecule has 0 aromatic heterocycles. The van der Waals surface area contributed by atoms with Crippen molar-refractivity contribution in [1.29, 1.82) is 0 Å². The van der Waals surface area contributed by atoms with Gasteiger partial charge in [0.1, 0.15) is 11.6 Å². The molecule has 132 valence electrons. The first kappa shape index (κ1) is 17.9. The summed E-state index contributed by atoms with van der Waals surface area (Å²) in [7, 11) is 0. The van der Waals surface area contributed by atoms with Crippen LogP contribution in [0.3, 0.4) is 0 Å². The quantitative estimate of drug-likeness (QED) is 0.886. The zero-order chi connectivity index (χ0) is 17.7. The number of carbonyl (C=O) groups is 2. The van der Waals surface area contributed by atoms with Gasteiger partial charge in [0.25, 0.3) is 0 Å². The minimum atomic E-state index is -0.740. The van der Waals surface area contributed by atoms with Gasteiger partial charge in [-0.3, -0.25) is 4.79 Å². The van der Waals surface area contributed by atoms with Crippen LogP contribution in [0.15, 0.2) is 18.2 Å². The van der Waals surface area contributed by atoms with Crippen molar-refractivity contribution in [3.05, 3.63) is 18.2 Å². The van der Waals surface area contributed by atoms with Crippen LogP contribution in [0.1, 0.15) is 34.1 Å². The summed E-state index contributed by atoms with van der Waals surface area (Å²) >= 11 is 0.